The molecule has 102 valence electrons. The number of cyclic esters (lactones) is 1. The summed E-state index contributed by atoms with van der Waals surface area (Å²) in [7, 11) is 0. The van der Waals surface area contributed by atoms with Crippen LogP contribution in [0.25, 0.3) is 0 Å². The van der Waals surface area contributed by atoms with Gasteiger partial charge in [-0.05, 0) is 24.1 Å². The minimum atomic E-state index is -0.361. The van der Waals surface area contributed by atoms with E-state index < -0.39 is 0 Å². The molecule has 0 aliphatic carbocycles. The highest BCUT2D eigenvalue weighted by molar-refractivity contribution is 5.89. The molecule has 0 spiro atoms. The number of anilines is 1. The lowest BCUT2D eigenvalue weighted by molar-refractivity contribution is -0.119. The van der Waals surface area contributed by atoms with E-state index in [-0.39, 0.29) is 18.1 Å². The Morgan fingerprint density at radius 1 is 1.42 bits per heavy atom. The summed E-state index contributed by atoms with van der Waals surface area (Å²) in [6.07, 6.45) is 0.317. The molecule has 1 aliphatic rings. The molecule has 1 heterocycles. The van der Waals surface area contributed by atoms with Crippen LogP contribution >= 0.6 is 0 Å². The third-order valence-electron chi connectivity index (χ3n) is 3.11. The maximum atomic E-state index is 11.8. The molecule has 2 amide bonds. The van der Waals surface area contributed by atoms with Crippen molar-refractivity contribution < 1.29 is 14.3 Å². The van der Waals surface area contributed by atoms with Gasteiger partial charge < -0.3 is 10.1 Å². The van der Waals surface area contributed by atoms with Gasteiger partial charge in [0.1, 0.15) is 6.10 Å². The first-order valence-electron chi connectivity index (χ1n) is 6.41. The van der Waals surface area contributed by atoms with Crippen molar-refractivity contribution in [3.63, 3.8) is 0 Å². The molecule has 1 saturated heterocycles. The molecule has 0 saturated carbocycles. The fourth-order valence-electron chi connectivity index (χ4n) is 2.01. The van der Waals surface area contributed by atoms with Crippen molar-refractivity contribution in [3.05, 3.63) is 29.8 Å². The molecule has 1 aromatic rings. The Labute approximate surface area is 112 Å². The smallest absolute Gasteiger partial charge is 0.414 e. The average molecular weight is 262 g/mol. The zero-order valence-corrected chi connectivity index (χ0v) is 11.2. The van der Waals surface area contributed by atoms with Gasteiger partial charge >= 0.3 is 6.09 Å². The van der Waals surface area contributed by atoms with E-state index in [2.05, 4.69) is 12.2 Å². The SMILES string of the molecule is CCc1ccc(N2CC(CNC(C)=O)OC2=O)cc1. The quantitative estimate of drug-likeness (QED) is 0.898. The normalized spacial score (nSPS) is 18.3. The van der Waals surface area contributed by atoms with Crippen LogP contribution in [-0.4, -0.2) is 31.2 Å². The number of nitrogens with one attached hydrogen (secondary N) is 1. The van der Waals surface area contributed by atoms with Crippen LogP contribution in [0.3, 0.4) is 0 Å². The van der Waals surface area contributed by atoms with Crippen molar-refractivity contribution in [2.45, 2.75) is 26.4 Å². The number of carbonyl (C=O) groups is 2. The Bertz CT molecular complexity index is 470. The van der Waals surface area contributed by atoms with E-state index in [1.54, 1.807) is 4.90 Å². The second kappa shape index (κ2) is 5.73. The number of hydrogen-bond donors (Lipinski definition) is 1. The summed E-state index contributed by atoms with van der Waals surface area (Å²) >= 11 is 0. The summed E-state index contributed by atoms with van der Waals surface area (Å²) < 4.78 is 5.21. The predicted octanol–water partition coefficient (Wildman–Crippen LogP) is 1.71. The van der Waals surface area contributed by atoms with Gasteiger partial charge in [0.05, 0.1) is 13.1 Å². The summed E-state index contributed by atoms with van der Waals surface area (Å²) in [5.41, 5.74) is 2.05. The summed E-state index contributed by atoms with van der Waals surface area (Å²) in [5.74, 6) is -0.123. The van der Waals surface area contributed by atoms with E-state index in [0.717, 1.165) is 12.1 Å². The van der Waals surface area contributed by atoms with Gasteiger partial charge in [0, 0.05) is 12.6 Å². The maximum absolute atomic E-state index is 11.8. The van der Waals surface area contributed by atoms with Crippen LogP contribution < -0.4 is 10.2 Å². The summed E-state index contributed by atoms with van der Waals surface area (Å²) in [4.78, 5) is 24.2. The van der Waals surface area contributed by atoms with Gasteiger partial charge in [-0.2, -0.15) is 0 Å². The monoisotopic (exact) mass is 262 g/mol. The van der Waals surface area contributed by atoms with Crippen LogP contribution in [0.5, 0.6) is 0 Å². The topological polar surface area (TPSA) is 58.6 Å². The van der Waals surface area contributed by atoms with E-state index in [9.17, 15) is 9.59 Å². The van der Waals surface area contributed by atoms with E-state index in [1.807, 2.05) is 24.3 Å². The van der Waals surface area contributed by atoms with Gasteiger partial charge in [-0.15, -0.1) is 0 Å². The molecule has 1 aromatic carbocycles. The molecule has 0 radical (unpaired) electrons. The zero-order valence-electron chi connectivity index (χ0n) is 11.2. The van der Waals surface area contributed by atoms with Crippen molar-refractivity contribution >= 4 is 17.7 Å². The minimum absolute atomic E-state index is 0.123. The highest BCUT2D eigenvalue weighted by Crippen LogP contribution is 2.22. The Morgan fingerprint density at radius 3 is 2.68 bits per heavy atom. The number of rotatable bonds is 4. The van der Waals surface area contributed by atoms with Gasteiger partial charge in [0.2, 0.25) is 5.91 Å². The first kappa shape index (κ1) is 13.4. The van der Waals surface area contributed by atoms with E-state index in [1.165, 1.54) is 12.5 Å². The third-order valence-corrected chi connectivity index (χ3v) is 3.11. The average Bonchev–Trinajstić information content (AvgIpc) is 2.78. The number of amides is 2. The standard InChI is InChI=1S/C14H18N2O3/c1-3-11-4-6-12(7-5-11)16-9-13(19-14(16)18)8-15-10(2)17/h4-7,13H,3,8-9H2,1-2H3,(H,15,17). The first-order chi connectivity index (χ1) is 9.10. The number of hydrogen-bond acceptors (Lipinski definition) is 3. The Balaban J connectivity index is 2.00. The van der Waals surface area contributed by atoms with Crippen LogP contribution in [0.1, 0.15) is 19.4 Å². The highest BCUT2D eigenvalue weighted by Gasteiger charge is 2.32. The molecule has 2 rings (SSSR count). The molecule has 0 bridgehead atoms. The number of aryl methyl sites for hydroxylation is 1. The second-order valence-electron chi connectivity index (χ2n) is 4.57. The number of benzene rings is 1. The van der Waals surface area contributed by atoms with Crippen molar-refractivity contribution in [2.24, 2.45) is 0 Å². The van der Waals surface area contributed by atoms with Gasteiger partial charge in [-0.3, -0.25) is 9.69 Å². The third kappa shape index (κ3) is 3.24. The Morgan fingerprint density at radius 2 is 2.11 bits per heavy atom. The van der Waals surface area contributed by atoms with E-state index in [0.29, 0.717) is 13.1 Å². The number of ether oxygens (including phenoxy) is 1. The molecule has 5 nitrogen and oxygen atoms in total. The number of carbonyl (C=O) groups excluding carboxylic acids is 2. The molecule has 1 aliphatic heterocycles. The van der Waals surface area contributed by atoms with Crippen molar-refractivity contribution in [3.8, 4) is 0 Å². The highest BCUT2D eigenvalue weighted by atomic mass is 16.6. The molecular weight excluding hydrogens is 244 g/mol. The van der Waals surface area contributed by atoms with Crippen LogP contribution in [0.2, 0.25) is 0 Å². The minimum Gasteiger partial charge on any atom is -0.442 e. The van der Waals surface area contributed by atoms with Gasteiger partial charge in [-0.25, -0.2) is 4.79 Å². The van der Waals surface area contributed by atoms with E-state index >= 15 is 0 Å². The van der Waals surface area contributed by atoms with Crippen molar-refractivity contribution in [2.75, 3.05) is 18.0 Å². The zero-order chi connectivity index (χ0) is 13.8. The van der Waals surface area contributed by atoms with E-state index in [4.69, 9.17) is 4.74 Å². The van der Waals surface area contributed by atoms with Crippen molar-refractivity contribution in [1.29, 1.82) is 0 Å². The predicted molar refractivity (Wildman–Crippen MR) is 72.1 cm³/mol. The van der Waals surface area contributed by atoms with Gasteiger partial charge in [0.15, 0.2) is 0 Å². The molecule has 1 unspecified atom stereocenters. The molecule has 1 N–H and O–H groups in total. The molecule has 5 heteroatoms. The fourth-order valence-corrected chi connectivity index (χ4v) is 2.01. The number of nitrogens with zero attached hydrogens (tertiary/aromatic N) is 1. The lowest BCUT2D eigenvalue weighted by Gasteiger charge is -2.13. The molecule has 1 fully saturated rings. The summed E-state index contributed by atoms with van der Waals surface area (Å²) in [6.45, 7) is 4.34. The lowest BCUT2D eigenvalue weighted by Crippen LogP contribution is -2.33. The van der Waals surface area contributed by atoms with Crippen LogP contribution in [-0.2, 0) is 16.0 Å². The van der Waals surface area contributed by atoms with Crippen LogP contribution in [0.15, 0.2) is 24.3 Å². The Hall–Kier alpha value is -2.04. The lowest BCUT2D eigenvalue weighted by atomic mass is 10.1. The maximum Gasteiger partial charge on any atom is 0.414 e. The van der Waals surface area contributed by atoms with Crippen molar-refractivity contribution in [1.82, 2.24) is 5.32 Å². The second-order valence-corrected chi connectivity index (χ2v) is 4.57. The van der Waals surface area contributed by atoms with Crippen LogP contribution in [0, 0.1) is 0 Å². The molecular formula is C14H18N2O3. The summed E-state index contributed by atoms with van der Waals surface area (Å²) in [5, 5.41) is 2.66. The first-order valence-corrected chi connectivity index (χ1v) is 6.41. The molecule has 0 aromatic heterocycles. The molecule has 19 heavy (non-hydrogen) atoms. The largest absolute Gasteiger partial charge is 0.442 e. The van der Waals surface area contributed by atoms with Gasteiger partial charge in [-0.1, -0.05) is 19.1 Å². The summed E-state index contributed by atoms with van der Waals surface area (Å²) in [6, 6.07) is 7.84. The molecule has 1 atom stereocenters. The van der Waals surface area contributed by atoms with Gasteiger partial charge in [0.25, 0.3) is 0 Å². The van der Waals surface area contributed by atoms with Crippen LogP contribution in [0.4, 0.5) is 10.5 Å². The fraction of sp³-hybridized carbons (Fsp3) is 0.429. The Kier molecular flexibility index (Phi) is 4.04.